The molecule has 0 bridgehead atoms. The third-order valence-corrected chi connectivity index (χ3v) is 5.11. The van der Waals surface area contributed by atoms with Gasteiger partial charge < -0.3 is 9.80 Å². The molecule has 0 N–H and O–H groups in total. The highest BCUT2D eigenvalue weighted by Crippen LogP contribution is 2.29. The van der Waals surface area contributed by atoms with Crippen LogP contribution in [-0.2, 0) is 4.79 Å². The summed E-state index contributed by atoms with van der Waals surface area (Å²) in [7, 11) is 0. The molecular weight excluding hydrogens is 338 g/mol. The molecule has 1 aromatic heterocycles. The van der Waals surface area contributed by atoms with Gasteiger partial charge in [-0.1, -0.05) is 19.3 Å². The second-order valence-corrected chi connectivity index (χ2v) is 6.75. The van der Waals surface area contributed by atoms with Crippen LogP contribution < -0.4 is 4.90 Å². The quantitative estimate of drug-likeness (QED) is 0.614. The molecule has 0 radical (unpaired) electrons. The van der Waals surface area contributed by atoms with Crippen LogP contribution in [0.1, 0.15) is 38.5 Å². The Hall–Kier alpha value is -1.86. The van der Waals surface area contributed by atoms with Crippen molar-refractivity contribution < 1.29 is 22.4 Å². The summed E-state index contributed by atoms with van der Waals surface area (Å²) in [4.78, 5) is 17.8. The van der Waals surface area contributed by atoms with Crippen molar-refractivity contribution >= 4 is 11.6 Å². The first-order valence-electron chi connectivity index (χ1n) is 8.70. The monoisotopic (exact) mass is 359 g/mol. The zero-order valence-electron chi connectivity index (χ0n) is 13.9. The first kappa shape index (κ1) is 17.9. The Bertz CT molecular complexity index is 615. The van der Waals surface area contributed by atoms with Gasteiger partial charge in [-0.2, -0.15) is 22.5 Å². The van der Waals surface area contributed by atoms with Gasteiger partial charge in [0.25, 0.3) is 11.9 Å². The molecule has 0 atom stereocenters. The average molecular weight is 359 g/mol. The van der Waals surface area contributed by atoms with Crippen LogP contribution in [0.25, 0.3) is 0 Å². The number of carbonyl (C=O) groups excluding carboxylic acids is 1. The van der Waals surface area contributed by atoms with E-state index in [9.17, 15) is 22.4 Å². The van der Waals surface area contributed by atoms with Crippen LogP contribution in [0.15, 0.2) is 0 Å². The van der Waals surface area contributed by atoms with E-state index in [0.29, 0.717) is 12.3 Å². The molecule has 0 aromatic carbocycles. The fourth-order valence-corrected chi connectivity index (χ4v) is 3.70. The van der Waals surface area contributed by atoms with Crippen LogP contribution in [0.2, 0.25) is 0 Å². The van der Waals surface area contributed by atoms with E-state index in [1.54, 1.807) is 4.90 Å². The lowest BCUT2D eigenvalue weighted by molar-refractivity contribution is -0.132. The number of halogens is 4. The van der Waals surface area contributed by atoms with Gasteiger partial charge in [0.15, 0.2) is 0 Å². The van der Waals surface area contributed by atoms with E-state index in [1.165, 1.54) is 11.3 Å². The molecule has 2 fully saturated rings. The summed E-state index contributed by atoms with van der Waals surface area (Å²) in [5, 5.41) is 0. The van der Waals surface area contributed by atoms with E-state index >= 15 is 0 Å². The largest absolute Gasteiger partial charge is 0.363 e. The Labute approximate surface area is 143 Å². The van der Waals surface area contributed by atoms with E-state index < -0.39 is 29.2 Å². The fourth-order valence-electron chi connectivity index (χ4n) is 3.70. The van der Waals surface area contributed by atoms with Crippen molar-refractivity contribution in [3.05, 3.63) is 23.5 Å². The smallest absolute Gasteiger partial charge is 0.253 e. The first-order valence-corrected chi connectivity index (χ1v) is 8.70. The van der Waals surface area contributed by atoms with Gasteiger partial charge in [-0.25, -0.2) is 0 Å². The van der Waals surface area contributed by atoms with E-state index in [2.05, 4.69) is 4.98 Å². The number of carbonyl (C=O) groups is 1. The second kappa shape index (κ2) is 7.58. The molecule has 1 saturated heterocycles. The zero-order chi connectivity index (χ0) is 18.0. The first-order chi connectivity index (χ1) is 12.0. The Morgan fingerprint density at radius 1 is 0.920 bits per heavy atom. The minimum atomic E-state index is -1.66. The third-order valence-electron chi connectivity index (χ3n) is 5.11. The van der Waals surface area contributed by atoms with E-state index in [4.69, 9.17) is 0 Å². The number of hydrogen-bond donors (Lipinski definition) is 0. The molecule has 2 heterocycles. The third kappa shape index (κ3) is 3.88. The van der Waals surface area contributed by atoms with Crippen molar-refractivity contribution in [2.75, 3.05) is 31.1 Å². The van der Waals surface area contributed by atoms with Crippen LogP contribution >= 0.6 is 0 Å². The summed E-state index contributed by atoms with van der Waals surface area (Å²) in [6.07, 6.45) is 6.17. The lowest BCUT2D eigenvalue weighted by atomic mass is 9.86. The van der Waals surface area contributed by atoms with Crippen molar-refractivity contribution in [2.45, 2.75) is 38.5 Å². The van der Waals surface area contributed by atoms with Crippen molar-refractivity contribution in [1.82, 2.24) is 9.88 Å². The average Bonchev–Trinajstić information content (AvgIpc) is 2.62. The molecule has 3 rings (SSSR count). The van der Waals surface area contributed by atoms with Crippen molar-refractivity contribution in [1.29, 1.82) is 0 Å². The molecule has 1 aromatic rings. The van der Waals surface area contributed by atoms with Gasteiger partial charge >= 0.3 is 0 Å². The molecule has 0 unspecified atom stereocenters. The second-order valence-electron chi connectivity index (χ2n) is 6.75. The van der Waals surface area contributed by atoms with Crippen LogP contribution in [-0.4, -0.2) is 42.0 Å². The standard InChI is InChI=1S/C17H21F4N3O/c18-13-15(14(19)17(21)22-16(13)20)24-8-6-23(7-9-24)12(25)10-11-4-2-1-3-5-11/h11H,1-10H2. The lowest BCUT2D eigenvalue weighted by Gasteiger charge is -2.37. The van der Waals surface area contributed by atoms with E-state index in [0.717, 1.165) is 25.7 Å². The van der Waals surface area contributed by atoms with Crippen LogP contribution in [0.3, 0.4) is 0 Å². The minimum absolute atomic E-state index is 0.0413. The molecule has 4 nitrogen and oxygen atoms in total. The number of hydrogen-bond acceptors (Lipinski definition) is 3. The van der Waals surface area contributed by atoms with E-state index in [-0.39, 0.29) is 32.1 Å². The summed E-state index contributed by atoms with van der Waals surface area (Å²) in [5.41, 5.74) is -0.746. The maximum absolute atomic E-state index is 13.8. The Morgan fingerprint density at radius 2 is 1.48 bits per heavy atom. The van der Waals surface area contributed by atoms with Gasteiger partial charge in [0.05, 0.1) is 0 Å². The number of nitrogens with zero attached hydrogens (tertiary/aromatic N) is 3. The van der Waals surface area contributed by atoms with E-state index in [1.807, 2.05) is 0 Å². The number of amides is 1. The summed E-state index contributed by atoms with van der Waals surface area (Å²) >= 11 is 0. The Balaban J connectivity index is 1.61. The molecule has 138 valence electrons. The molecule has 8 heteroatoms. The molecule has 2 aliphatic rings. The molecule has 0 spiro atoms. The summed E-state index contributed by atoms with van der Waals surface area (Å²) < 4.78 is 54.2. The predicted octanol–water partition coefficient (Wildman–Crippen LogP) is 3.26. The maximum atomic E-state index is 13.8. The Kier molecular flexibility index (Phi) is 5.44. The normalized spacial score (nSPS) is 19.4. The van der Waals surface area contributed by atoms with Crippen molar-refractivity contribution in [3.63, 3.8) is 0 Å². The van der Waals surface area contributed by atoms with Crippen molar-refractivity contribution in [3.8, 4) is 0 Å². The highest BCUT2D eigenvalue weighted by atomic mass is 19.2. The molecule has 1 amide bonds. The summed E-state index contributed by atoms with van der Waals surface area (Å²) in [5.74, 6) is -5.87. The van der Waals surface area contributed by atoms with Gasteiger partial charge in [0, 0.05) is 32.6 Å². The number of rotatable bonds is 3. The highest BCUT2D eigenvalue weighted by Gasteiger charge is 2.30. The van der Waals surface area contributed by atoms with Gasteiger partial charge in [-0.15, -0.1) is 0 Å². The molecule has 1 aliphatic heterocycles. The molecule has 25 heavy (non-hydrogen) atoms. The van der Waals surface area contributed by atoms with Crippen LogP contribution in [0, 0.1) is 29.4 Å². The van der Waals surface area contributed by atoms with Gasteiger partial charge in [-0.3, -0.25) is 4.79 Å². The molecular formula is C17H21F4N3O. The lowest BCUT2D eigenvalue weighted by Crippen LogP contribution is -2.49. The number of anilines is 1. The van der Waals surface area contributed by atoms with Crippen LogP contribution in [0.4, 0.5) is 23.2 Å². The van der Waals surface area contributed by atoms with Gasteiger partial charge in [-0.05, 0) is 18.8 Å². The number of piperazine rings is 1. The molecule has 1 aliphatic carbocycles. The number of pyridine rings is 1. The minimum Gasteiger partial charge on any atom is -0.363 e. The van der Waals surface area contributed by atoms with Crippen LogP contribution in [0.5, 0.6) is 0 Å². The maximum Gasteiger partial charge on any atom is 0.253 e. The van der Waals surface area contributed by atoms with Gasteiger partial charge in [0.1, 0.15) is 5.69 Å². The summed E-state index contributed by atoms with van der Waals surface area (Å²) in [6, 6.07) is 0. The summed E-state index contributed by atoms with van der Waals surface area (Å²) in [6.45, 7) is 0.784. The Morgan fingerprint density at radius 3 is 2.04 bits per heavy atom. The van der Waals surface area contributed by atoms with Gasteiger partial charge in [0.2, 0.25) is 17.5 Å². The fraction of sp³-hybridized carbons (Fsp3) is 0.647. The molecule has 1 saturated carbocycles. The predicted molar refractivity (Wildman–Crippen MR) is 84.1 cm³/mol. The highest BCUT2D eigenvalue weighted by molar-refractivity contribution is 5.76. The SMILES string of the molecule is O=C(CC1CCCCC1)N1CCN(c2c(F)c(F)nc(F)c2F)CC1. The number of aromatic nitrogens is 1. The zero-order valence-corrected chi connectivity index (χ0v) is 13.9. The topological polar surface area (TPSA) is 36.4 Å². The van der Waals surface area contributed by atoms with Crippen molar-refractivity contribution in [2.24, 2.45) is 5.92 Å².